The van der Waals surface area contributed by atoms with Crippen LogP contribution in [0.25, 0.3) is 6.08 Å². The summed E-state index contributed by atoms with van der Waals surface area (Å²) in [4.78, 5) is 1.29. The van der Waals surface area contributed by atoms with E-state index in [0.717, 1.165) is 13.0 Å². The van der Waals surface area contributed by atoms with Gasteiger partial charge in [0.15, 0.2) is 0 Å². The molecule has 14 heavy (non-hydrogen) atoms. The quantitative estimate of drug-likeness (QED) is 0.663. The SMILES string of the molecule is CN1CCC(/C=C/c2cccs2)=N1.[Cl-]. The van der Waals surface area contributed by atoms with Crippen molar-refractivity contribution in [1.82, 2.24) is 5.01 Å². The number of hydrazone groups is 1. The third-order valence-electron chi connectivity index (χ3n) is 1.97. The zero-order chi connectivity index (χ0) is 9.10. The van der Waals surface area contributed by atoms with Crippen LogP contribution in [0.4, 0.5) is 0 Å². The number of allylic oxidation sites excluding steroid dienone is 1. The topological polar surface area (TPSA) is 15.6 Å². The Balaban J connectivity index is 0.000000980. The molecule has 0 radical (unpaired) electrons. The van der Waals surface area contributed by atoms with E-state index in [-0.39, 0.29) is 12.4 Å². The van der Waals surface area contributed by atoms with Crippen LogP contribution in [0.15, 0.2) is 28.7 Å². The number of rotatable bonds is 2. The molecule has 2 rings (SSSR count). The number of hydrogen-bond acceptors (Lipinski definition) is 3. The summed E-state index contributed by atoms with van der Waals surface area (Å²) in [6.07, 6.45) is 5.30. The monoisotopic (exact) mass is 227 g/mol. The van der Waals surface area contributed by atoms with Crippen LogP contribution in [0.1, 0.15) is 11.3 Å². The maximum Gasteiger partial charge on any atom is 0.0624 e. The van der Waals surface area contributed by atoms with Gasteiger partial charge < -0.3 is 12.4 Å². The van der Waals surface area contributed by atoms with Crippen LogP contribution < -0.4 is 12.4 Å². The molecule has 1 aliphatic rings. The molecule has 2 nitrogen and oxygen atoms in total. The van der Waals surface area contributed by atoms with Gasteiger partial charge in [-0.2, -0.15) is 5.10 Å². The molecular weight excluding hydrogens is 216 g/mol. The minimum absolute atomic E-state index is 0. The molecule has 0 aliphatic carbocycles. The van der Waals surface area contributed by atoms with Gasteiger partial charge in [0, 0.05) is 24.9 Å². The van der Waals surface area contributed by atoms with E-state index in [2.05, 4.69) is 34.8 Å². The van der Waals surface area contributed by atoms with E-state index < -0.39 is 0 Å². The molecule has 0 saturated heterocycles. The van der Waals surface area contributed by atoms with Gasteiger partial charge >= 0.3 is 0 Å². The summed E-state index contributed by atoms with van der Waals surface area (Å²) in [6, 6.07) is 4.17. The molecule has 1 aromatic heterocycles. The third kappa shape index (κ3) is 2.86. The molecule has 0 fully saturated rings. The predicted octanol–water partition coefficient (Wildman–Crippen LogP) is -0.543. The molecule has 0 atom stereocenters. The van der Waals surface area contributed by atoms with Gasteiger partial charge in [-0.1, -0.05) is 6.07 Å². The molecule has 76 valence electrons. The zero-order valence-electron chi connectivity index (χ0n) is 7.98. The Labute approximate surface area is 94.3 Å². The minimum Gasteiger partial charge on any atom is -1.00 e. The molecule has 0 amide bonds. The lowest BCUT2D eigenvalue weighted by atomic mass is 10.2. The van der Waals surface area contributed by atoms with Crippen LogP contribution in [0.3, 0.4) is 0 Å². The number of hydrogen-bond donors (Lipinski definition) is 0. The van der Waals surface area contributed by atoms with Gasteiger partial charge in [0.25, 0.3) is 0 Å². The maximum absolute atomic E-state index is 4.36. The fourth-order valence-electron chi connectivity index (χ4n) is 1.28. The highest BCUT2D eigenvalue weighted by Crippen LogP contribution is 2.12. The van der Waals surface area contributed by atoms with Crippen LogP contribution in [0, 0.1) is 0 Å². The first-order chi connectivity index (χ1) is 6.34. The van der Waals surface area contributed by atoms with Gasteiger partial charge in [-0.25, -0.2) is 0 Å². The van der Waals surface area contributed by atoms with Crippen LogP contribution in [0.5, 0.6) is 0 Å². The molecular formula is C10H12ClN2S-. The Bertz CT molecular complexity index is 330. The van der Waals surface area contributed by atoms with Crippen molar-refractivity contribution in [2.24, 2.45) is 5.10 Å². The first kappa shape index (κ1) is 11.3. The van der Waals surface area contributed by atoms with Crippen molar-refractivity contribution in [2.45, 2.75) is 6.42 Å². The van der Waals surface area contributed by atoms with Crippen molar-refractivity contribution in [1.29, 1.82) is 0 Å². The van der Waals surface area contributed by atoms with Crippen molar-refractivity contribution >= 4 is 23.1 Å². The lowest BCUT2D eigenvalue weighted by molar-refractivity contribution is -0.00000263. The molecule has 2 heterocycles. The average Bonchev–Trinajstić information content (AvgIpc) is 2.71. The predicted molar refractivity (Wildman–Crippen MR) is 58.0 cm³/mol. The molecule has 0 N–H and O–H groups in total. The highest BCUT2D eigenvalue weighted by Gasteiger charge is 2.06. The van der Waals surface area contributed by atoms with E-state index in [1.165, 1.54) is 10.6 Å². The third-order valence-corrected chi connectivity index (χ3v) is 2.81. The summed E-state index contributed by atoms with van der Waals surface area (Å²) in [5.74, 6) is 0. The van der Waals surface area contributed by atoms with E-state index in [4.69, 9.17) is 0 Å². The first-order valence-corrected chi connectivity index (χ1v) is 5.23. The van der Waals surface area contributed by atoms with Crippen molar-refractivity contribution in [3.05, 3.63) is 28.5 Å². The summed E-state index contributed by atoms with van der Waals surface area (Å²) in [5, 5.41) is 8.42. The number of nitrogens with zero attached hydrogens (tertiary/aromatic N) is 2. The summed E-state index contributed by atoms with van der Waals surface area (Å²) < 4.78 is 0. The smallest absolute Gasteiger partial charge is 0.0624 e. The van der Waals surface area contributed by atoms with Crippen LogP contribution in [-0.4, -0.2) is 24.3 Å². The molecule has 1 aliphatic heterocycles. The minimum atomic E-state index is 0. The van der Waals surface area contributed by atoms with E-state index >= 15 is 0 Å². The number of halogens is 1. The Kier molecular flexibility index (Phi) is 4.17. The molecule has 0 saturated carbocycles. The molecule has 4 heteroatoms. The van der Waals surface area contributed by atoms with E-state index in [0.29, 0.717) is 0 Å². The normalized spacial score (nSPS) is 15.8. The standard InChI is InChI=1S/C10H12N2S.ClH/c1-12-7-6-9(11-12)4-5-10-3-2-8-13-10;/h2-5,8H,6-7H2,1H3;1H/p-1/b5-4+;. The van der Waals surface area contributed by atoms with Gasteiger partial charge in [0.2, 0.25) is 0 Å². The van der Waals surface area contributed by atoms with E-state index in [9.17, 15) is 0 Å². The van der Waals surface area contributed by atoms with Gasteiger partial charge in [-0.15, -0.1) is 11.3 Å². The molecule has 0 aromatic carbocycles. The Morgan fingerprint density at radius 2 is 2.36 bits per heavy atom. The van der Waals surface area contributed by atoms with E-state index in [1.54, 1.807) is 11.3 Å². The van der Waals surface area contributed by atoms with Gasteiger partial charge in [0.1, 0.15) is 0 Å². The van der Waals surface area contributed by atoms with E-state index in [1.807, 2.05) is 12.1 Å². The van der Waals surface area contributed by atoms with Crippen molar-refractivity contribution in [2.75, 3.05) is 13.6 Å². The molecule has 0 unspecified atom stereocenters. The number of thiophene rings is 1. The second kappa shape index (κ2) is 5.17. The fraction of sp³-hybridized carbons (Fsp3) is 0.300. The highest BCUT2D eigenvalue weighted by atomic mass is 35.5. The first-order valence-electron chi connectivity index (χ1n) is 4.35. The second-order valence-corrected chi connectivity index (χ2v) is 4.05. The maximum atomic E-state index is 4.36. The van der Waals surface area contributed by atoms with Crippen molar-refractivity contribution in [3.63, 3.8) is 0 Å². The van der Waals surface area contributed by atoms with Crippen molar-refractivity contribution < 1.29 is 12.4 Å². The second-order valence-electron chi connectivity index (χ2n) is 3.07. The fourth-order valence-corrected chi connectivity index (χ4v) is 1.89. The van der Waals surface area contributed by atoms with Gasteiger partial charge in [0.05, 0.1) is 5.71 Å². The summed E-state index contributed by atoms with van der Waals surface area (Å²) >= 11 is 1.75. The summed E-state index contributed by atoms with van der Waals surface area (Å²) in [5.41, 5.74) is 1.18. The lowest BCUT2D eigenvalue weighted by Crippen LogP contribution is -3.00. The van der Waals surface area contributed by atoms with Gasteiger partial charge in [-0.3, -0.25) is 5.01 Å². The lowest BCUT2D eigenvalue weighted by Gasteiger charge is -2.00. The summed E-state index contributed by atoms with van der Waals surface area (Å²) in [7, 11) is 2.01. The highest BCUT2D eigenvalue weighted by molar-refractivity contribution is 7.10. The Morgan fingerprint density at radius 1 is 1.50 bits per heavy atom. The molecule has 0 bridgehead atoms. The van der Waals surface area contributed by atoms with Crippen LogP contribution in [-0.2, 0) is 0 Å². The largest absolute Gasteiger partial charge is 1.00 e. The van der Waals surface area contributed by atoms with Crippen molar-refractivity contribution in [3.8, 4) is 0 Å². The van der Waals surface area contributed by atoms with Crippen LogP contribution in [0.2, 0.25) is 0 Å². The zero-order valence-corrected chi connectivity index (χ0v) is 9.55. The summed E-state index contributed by atoms with van der Waals surface area (Å²) in [6.45, 7) is 1.05. The Morgan fingerprint density at radius 3 is 2.93 bits per heavy atom. The van der Waals surface area contributed by atoms with Gasteiger partial charge in [-0.05, 0) is 23.6 Å². The Hall–Kier alpha value is -0.800. The molecule has 1 aromatic rings. The average molecular weight is 228 g/mol. The molecule has 0 spiro atoms. The van der Waals surface area contributed by atoms with Crippen LogP contribution >= 0.6 is 11.3 Å².